The van der Waals surface area contributed by atoms with Crippen LogP contribution in [-0.2, 0) is 4.79 Å². The molecule has 0 amide bonds. The normalized spacial score (nSPS) is 23.4. The standard InChI is InChI=1S/C13H19N3O2S/c1-9-5-10(2)7-16(6-9)11-3-4-14-13(15-11)19-8-12(17)18/h3-4,9-10H,5-8H2,1-2H3,(H,17,18). The quantitative estimate of drug-likeness (QED) is 0.673. The van der Waals surface area contributed by atoms with Crippen molar-refractivity contribution in [2.45, 2.75) is 25.4 Å². The number of aliphatic carboxylic acids is 1. The molecule has 1 aromatic heterocycles. The van der Waals surface area contributed by atoms with Gasteiger partial charge in [-0.2, -0.15) is 0 Å². The first-order valence-corrected chi connectivity index (χ1v) is 7.45. The monoisotopic (exact) mass is 281 g/mol. The molecule has 0 saturated carbocycles. The van der Waals surface area contributed by atoms with Crippen LogP contribution in [-0.4, -0.2) is 39.9 Å². The van der Waals surface area contributed by atoms with E-state index in [1.165, 1.54) is 6.42 Å². The predicted octanol–water partition coefficient (Wildman–Crippen LogP) is 2.14. The van der Waals surface area contributed by atoms with E-state index < -0.39 is 5.97 Å². The van der Waals surface area contributed by atoms with Gasteiger partial charge in [0.2, 0.25) is 0 Å². The maximum absolute atomic E-state index is 10.6. The molecule has 0 radical (unpaired) electrons. The molecule has 0 bridgehead atoms. The number of anilines is 1. The highest BCUT2D eigenvalue weighted by atomic mass is 32.2. The Morgan fingerprint density at radius 3 is 2.79 bits per heavy atom. The highest BCUT2D eigenvalue weighted by Crippen LogP contribution is 2.25. The molecule has 2 atom stereocenters. The van der Waals surface area contributed by atoms with Crippen molar-refractivity contribution in [3.63, 3.8) is 0 Å². The SMILES string of the molecule is CC1CC(C)CN(c2ccnc(SCC(=O)O)n2)C1. The minimum atomic E-state index is -0.848. The van der Waals surface area contributed by atoms with Gasteiger partial charge in [-0.25, -0.2) is 9.97 Å². The Labute approximate surface area is 117 Å². The second kappa shape index (κ2) is 6.23. The number of thioether (sulfide) groups is 1. The number of hydrogen-bond donors (Lipinski definition) is 1. The van der Waals surface area contributed by atoms with Crippen LogP contribution < -0.4 is 4.90 Å². The van der Waals surface area contributed by atoms with Crippen molar-refractivity contribution in [3.05, 3.63) is 12.3 Å². The zero-order valence-corrected chi connectivity index (χ0v) is 12.1. The Morgan fingerprint density at radius 2 is 2.16 bits per heavy atom. The summed E-state index contributed by atoms with van der Waals surface area (Å²) in [5, 5.41) is 9.21. The van der Waals surface area contributed by atoms with Gasteiger partial charge in [0.1, 0.15) is 5.82 Å². The lowest BCUT2D eigenvalue weighted by Gasteiger charge is -2.35. The molecule has 1 aliphatic heterocycles. The van der Waals surface area contributed by atoms with Gasteiger partial charge in [-0.1, -0.05) is 25.6 Å². The van der Waals surface area contributed by atoms with Crippen LogP contribution in [0.5, 0.6) is 0 Å². The Balaban J connectivity index is 2.07. The van der Waals surface area contributed by atoms with Crippen molar-refractivity contribution < 1.29 is 9.90 Å². The molecule has 1 aromatic rings. The average Bonchev–Trinajstić information content (AvgIpc) is 2.35. The summed E-state index contributed by atoms with van der Waals surface area (Å²) in [6.07, 6.45) is 2.96. The van der Waals surface area contributed by atoms with E-state index in [1.807, 2.05) is 6.07 Å². The van der Waals surface area contributed by atoms with Gasteiger partial charge in [-0.3, -0.25) is 4.79 Å². The van der Waals surface area contributed by atoms with E-state index >= 15 is 0 Å². The van der Waals surface area contributed by atoms with Crippen molar-refractivity contribution in [1.82, 2.24) is 9.97 Å². The van der Waals surface area contributed by atoms with Crippen molar-refractivity contribution in [2.75, 3.05) is 23.7 Å². The molecule has 2 rings (SSSR count). The lowest BCUT2D eigenvalue weighted by Crippen LogP contribution is -2.39. The summed E-state index contributed by atoms with van der Waals surface area (Å²) in [5.74, 6) is 1.37. The number of aromatic nitrogens is 2. The van der Waals surface area contributed by atoms with Crippen LogP contribution in [0.3, 0.4) is 0 Å². The number of nitrogens with zero attached hydrogens (tertiary/aromatic N) is 3. The lowest BCUT2D eigenvalue weighted by molar-refractivity contribution is -0.133. The Hall–Kier alpha value is -1.30. The molecule has 1 saturated heterocycles. The predicted molar refractivity (Wildman–Crippen MR) is 75.5 cm³/mol. The van der Waals surface area contributed by atoms with Crippen LogP contribution >= 0.6 is 11.8 Å². The first-order valence-electron chi connectivity index (χ1n) is 6.47. The van der Waals surface area contributed by atoms with Crippen LogP contribution in [0.4, 0.5) is 5.82 Å². The largest absolute Gasteiger partial charge is 0.481 e. The zero-order chi connectivity index (χ0) is 13.8. The molecule has 104 valence electrons. The summed E-state index contributed by atoms with van der Waals surface area (Å²) < 4.78 is 0. The summed E-state index contributed by atoms with van der Waals surface area (Å²) in [6, 6.07) is 1.90. The van der Waals surface area contributed by atoms with E-state index in [9.17, 15) is 4.79 Å². The summed E-state index contributed by atoms with van der Waals surface area (Å²) in [4.78, 5) is 21.4. The molecule has 2 unspecified atom stereocenters. The molecule has 19 heavy (non-hydrogen) atoms. The maximum atomic E-state index is 10.6. The van der Waals surface area contributed by atoms with Crippen molar-refractivity contribution in [2.24, 2.45) is 11.8 Å². The Morgan fingerprint density at radius 1 is 1.47 bits per heavy atom. The average molecular weight is 281 g/mol. The maximum Gasteiger partial charge on any atom is 0.313 e. The van der Waals surface area contributed by atoms with Gasteiger partial charge in [0.05, 0.1) is 5.75 Å². The molecule has 1 fully saturated rings. The molecule has 0 spiro atoms. The number of rotatable bonds is 4. The van der Waals surface area contributed by atoms with Crippen molar-refractivity contribution >= 4 is 23.5 Å². The van der Waals surface area contributed by atoms with Crippen molar-refractivity contribution in [3.8, 4) is 0 Å². The van der Waals surface area contributed by atoms with Crippen LogP contribution in [0.1, 0.15) is 20.3 Å². The smallest absolute Gasteiger partial charge is 0.313 e. The molecule has 1 N–H and O–H groups in total. The molecular formula is C13H19N3O2S. The van der Waals surface area contributed by atoms with E-state index in [4.69, 9.17) is 5.11 Å². The van der Waals surface area contributed by atoms with Crippen molar-refractivity contribution in [1.29, 1.82) is 0 Å². The molecule has 1 aliphatic rings. The van der Waals surface area contributed by atoms with Crippen LogP contribution in [0.25, 0.3) is 0 Å². The molecular weight excluding hydrogens is 262 g/mol. The van der Waals surface area contributed by atoms with Crippen LogP contribution in [0, 0.1) is 11.8 Å². The Bertz CT molecular complexity index is 445. The summed E-state index contributed by atoms with van der Waals surface area (Å²) in [5.41, 5.74) is 0. The fourth-order valence-corrected chi connectivity index (χ4v) is 3.10. The van der Waals surface area contributed by atoms with E-state index in [0.29, 0.717) is 17.0 Å². The summed E-state index contributed by atoms with van der Waals surface area (Å²) in [7, 11) is 0. The molecule has 5 nitrogen and oxygen atoms in total. The second-order valence-electron chi connectivity index (χ2n) is 5.23. The number of hydrogen-bond acceptors (Lipinski definition) is 5. The van der Waals surface area contributed by atoms with E-state index in [0.717, 1.165) is 30.7 Å². The lowest BCUT2D eigenvalue weighted by atomic mass is 9.92. The van der Waals surface area contributed by atoms with Gasteiger partial charge in [-0.15, -0.1) is 0 Å². The third-order valence-electron chi connectivity index (χ3n) is 3.14. The van der Waals surface area contributed by atoms with Gasteiger partial charge in [-0.05, 0) is 24.3 Å². The van der Waals surface area contributed by atoms with E-state index in [-0.39, 0.29) is 5.75 Å². The number of carboxylic acids is 1. The Kier molecular flexibility index (Phi) is 4.63. The van der Waals surface area contributed by atoms with E-state index in [2.05, 4.69) is 28.7 Å². The minimum absolute atomic E-state index is 0.00371. The van der Waals surface area contributed by atoms with Crippen LogP contribution in [0.2, 0.25) is 0 Å². The highest BCUT2D eigenvalue weighted by Gasteiger charge is 2.22. The third kappa shape index (κ3) is 4.09. The summed E-state index contributed by atoms with van der Waals surface area (Å²) >= 11 is 1.16. The minimum Gasteiger partial charge on any atom is -0.481 e. The zero-order valence-electron chi connectivity index (χ0n) is 11.2. The topological polar surface area (TPSA) is 66.3 Å². The first-order chi connectivity index (χ1) is 9.04. The van der Waals surface area contributed by atoms with Gasteiger partial charge in [0.15, 0.2) is 5.16 Å². The van der Waals surface area contributed by atoms with Gasteiger partial charge in [0.25, 0.3) is 0 Å². The van der Waals surface area contributed by atoms with E-state index in [1.54, 1.807) is 6.20 Å². The number of carboxylic acid groups (broad SMARTS) is 1. The second-order valence-corrected chi connectivity index (χ2v) is 6.17. The third-order valence-corrected chi connectivity index (χ3v) is 3.98. The molecule has 6 heteroatoms. The van der Waals surface area contributed by atoms with Gasteiger partial charge < -0.3 is 10.0 Å². The first kappa shape index (κ1) is 14.1. The van der Waals surface area contributed by atoms with Gasteiger partial charge >= 0.3 is 5.97 Å². The molecule has 2 heterocycles. The number of piperidine rings is 1. The van der Waals surface area contributed by atoms with Crippen LogP contribution in [0.15, 0.2) is 17.4 Å². The van der Waals surface area contributed by atoms with Gasteiger partial charge in [0, 0.05) is 19.3 Å². The fourth-order valence-electron chi connectivity index (χ4n) is 2.55. The highest BCUT2D eigenvalue weighted by molar-refractivity contribution is 7.99. The molecule has 0 aliphatic carbocycles. The fraction of sp³-hybridized carbons (Fsp3) is 0.615. The number of carbonyl (C=O) groups is 1. The summed E-state index contributed by atoms with van der Waals surface area (Å²) in [6.45, 7) is 6.52. The molecule has 0 aromatic carbocycles.